The highest BCUT2D eigenvalue weighted by atomic mass is 19.1. The third kappa shape index (κ3) is 3.03. The third-order valence-corrected chi connectivity index (χ3v) is 1.84. The first kappa shape index (κ1) is 12.1. The zero-order valence-electron chi connectivity index (χ0n) is 8.48. The highest BCUT2D eigenvalue weighted by Crippen LogP contribution is 2.27. The molecule has 0 aromatic heterocycles. The maximum Gasteiger partial charge on any atom is 0.311 e. The van der Waals surface area contributed by atoms with E-state index in [-0.39, 0.29) is 24.6 Å². The van der Waals surface area contributed by atoms with Gasteiger partial charge in [0, 0.05) is 18.7 Å². The minimum Gasteiger partial charge on any atom is -0.482 e. The first-order valence-electron chi connectivity index (χ1n) is 4.48. The second-order valence-electron chi connectivity index (χ2n) is 3.11. The van der Waals surface area contributed by atoms with Gasteiger partial charge in [0.25, 0.3) is 0 Å². The highest BCUT2D eigenvalue weighted by molar-refractivity contribution is 5.46. The summed E-state index contributed by atoms with van der Waals surface area (Å²) >= 11 is 0. The summed E-state index contributed by atoms with van der Waals surface area (Å²) in [5.74, 6) is -0.724. The fourth-order valence-electron chi connectivity index (χ4n) is 0.993. The summed E-state index contributed by atoms with van der Waals surface area (Å²) in [5, 5.41) is 10.6. The predicted octanol–water partition coefficient (Wildman–Crippen LogP) is 1.63. The molecule has 0 fully saturated rings. The van der Waals surface area contributed by atoms with E-state index in [4.69, 9.17) is 10.5 Å². The van der Waals surface area contributed by atoms with E-state index in [2.05, 4.69) is 6.58 Å². The molecule has 0 aliphatic carbocycles. The van der Waals surface area contributed by atoms with E-state index < -0.39 is 10.7 Å². The van der Waals surface area contributed by atoms with Crippen molar-refractivity contribution < 1.29 is 14.1 Å². The lowest BCUT2D eigenvalue weighted by atomic mass is 10.3. The number of nitrogens with two attached hydrogens (primary N) is 1. The van der Waals surface area contributed by atoms with Crippen molar-refractivity contribution in [3.05, 3.63) is 46.3 Å². The summed E-state index contributed by atoms with van der Waals surface area (Å²) in [5.41, 5.74) is 5.56. The molecular weight excluding hydrogens is 215 g/mol. The Morgan fingerprint density at radius 2 is 2.31 bits per heavy atom. The van der Waals surface area contributed by atoms with Crippen LogP contribution in [0.15, 0.2) is 30.4 Å². The average Bonchev–Trinajstić information content (AvgIpc) is 2.25. The van der Waals surface area contributed by atoms with E-state index >= 15 is 0 Å². The number of nitro benzene ring substituents is 1. The molecule has 0 bridgehead atoms. The van der Waals surface area contributed by atoms with Crippen molar-refractivity contribution in [3.8, 4) is 5.75 Å². The zero-order chi connectivity index (χ0) is 12.1. The first-order chi connectivity index (χ1) is 7.54. The molecule has 0 unspecified atom stereocenters. The summed E-state index contributed by atoms with van der Waals surface area (Å²) in [4.78, 5) is 9.96. The molecule has 0 atom stereocenters. The van der Waals surface area contributed by atoms with Crippen molar-refractivity contribution in [2.75, 3.05) is 13.2 Å². The largest absolute Gasteiger partial charge is 0.482 e. The average molecular weight is 226 g/mol. The normalized spacial score (nSPS) is 9.88. The molecule has 2 N–H and O–H groups in total. The summed E-state index contributed by atoms with van der Waals surface area (Å²) in [6.45, 7) is 3.81. The van der Waals surface area contributed by atoms with Crippen LogP contribution in [0.5, 0.6) is 5.75 Å². The number of nitrogens with zero attached hydrogens (tertiary/aromatic N) is 1. The van der Waals surface area contributed by atoms with Gasteiger partial charge in [-0.3, -0.25) is 10.1 Å². The Morgan fingerprint density at radius 3 is 2.88 bits per heavy atom. The Bertz CT molecular complexity index is 421. The standard InChI is InChI=1S/C10H11FN2O3/c1-7(5-12)6-16-10-4-8(11)2-3-9(10)13(14)15/h2-4H,1,5-6,12H2. The number of halogens is 1. The Balaban J connectivity index is 2.88. The van der Waals surface area contributed by atoms with Gasteiger partial charge < -0.3 is 10.5 Å². The van der Waals surface area contributed by atoms with Crippen molar-refractivity contribution in [2.45, 2.75) is 0 Å². The van der Waals surface area contributed by atoms with E-state index in [9.17, 15) is 14.5 Å². The molecule has 1 rings (SSSR count). The molecule has 0 amide bonds. The van der Waals surface area contributed by atoms with Gasteiger partial charge in [-0.25, -0.2) is 4.39 Å². The predicted molar refractivity (Wildman–Crippen MR) is 56.7 cm³/mol. The van der Waals surface area contributed by atoms with E-state index in [1.807, 2.05) is 0 Å². The van der Waals surface area contributed by atoms with Crippen LogP contribution < -0.4 is 10.5 Å². The van der Waals surface area contributed by atoms with Crippen molar-refractivity contribution in [1.29, 1.82) is 0 Å². The maximum atomic E-state index is 12.9. The highest BCUT2D eigenvalue weighted by Gasteiger charge is 2.15. The number of ether oxygens (including phenoxy) is 1. The molecule has 0 aliphatic heterocycles. The van der Waals surface area contributed by atoms with Gasteiger partial charge in [0.1, 0.15) is 12.4 Å². The molecule has 1 aromatic rings. The fourth-order valence-corrected chi connectivity index (χ4v) is 0.993. The van der Waals surface area contributed by atoms with Crippen LogP contribution in [0, 0.1) is 15.9 Å². The lowest BCUT2D eigenvalue weighted by Crippen LogP contribution is -2.10. The second-order valence-corrected chi connectivity index (χ2v) is 3.11. The molecule has 0 radical (unpaired) electrons. The quantitative estimate of drug-likeness (QED) is 0.470. The number of hydrogen-bond acceptors (Lipinski definition) is 4. The molecule has 0 aliphatic rings. The Morgan fingerprint density at radius 1 is 1.62 bits per heavy atom. The third-order valence-electron chi connectivity index (χ3n) is 1.84. The lowest BCUT2D eigenvalue weighted by molar-refractivity contribution is -0.385. The number of nitro groups is 1. The van der Waals surface area contributed by atoms with Gasteiger partial charge in [-0.05, 0) is 11.6 Å². The summed E-state index contributed by atoms with van der Waals surface area (Å²) in [7, 11) is 0. The van der Waals surface area contributed by atoms with Crippen LogP contribution in [0.25, 0.3) is 0 Å². The van der Waals surface area contributed by atoms with Crippen molar-refractivity contribution >= 4 is 5.69 Å². The van der Waals surface area contributed by atoms with Gasteiger partial charge in [-0.2, -0.15) is 0 Å². The Hall–Kier alpha value is -1.95. The monoisotopic (exact) mass is 226 g/mol. The van der Waals surface area contributed by atoms with Crippen LogP contribution in [0.3, 0.4) is 0 Å². The zero-order valence-corrected chi connectivity index (χ0v) is 8.48. The van der Waals surface area contributed by atoms with Gasteiger partial charge in [0.05, 0.1) is 4.92 Å². The van der Waals surface area contributed by atoms with Crippen LogP contribution in [0.1, 0.15) is 0 Å². The maximum absolute atomic E-state index is 12.9. The Kier molecular flexibility index (Phi) is 3.96. The lowest BCUT2D eigenvalue weighted by Gasteiger charge is -2.07. The second kappa shape index (κ2) is 5.22. The molecular formula is C10H11FN2O3. The minimum absolute atomic E-state index is 0.0286. The Labute approximate surface area is 91.5 Å². The van der Waals surface area contributed by atoms with Gasteiger partial charge in [-0.1, -0.05) is 6.58 Å². The van der Waals surface area contributed by atoms with Crippen LogP contribution in [-0.4, -0.2) is 18.1 Å². The van der Waals surface area contributed by atoms with E-state index in [1.165, 1.54) is 0 Å². The van der Waals surface area contributed by atoms with Gasteiger partial charge in [0.15, 0.2) is 5.75 Å². The molecule has 0 saturated carbocycles. The van der Waals surface area contributed by atoms with Gasteiger partial charge >= 0.3 is 5.69 Å². The summed E-state index contributed by atoms with van der Waals surface area (Å²) in [6, 6.07) is 3.01. The fraction of sp³-hybridized carbons (Fsp3) is 0.200. The molecule has 0 heterocycles. The molecule has 0 saturated heterocycles. The smallest absolute Gasteiger partial charge is 0.311 e. The SMILES string of the molecule is C=C(CN)COc1cc(F)ccc1[N+](=O)[O-]. The molecule has 0 spiro atoms. The number of hydrogen-bond donors (Lipinski definition) is 1. The number of benzene rings is 1. The topological polar surface area (TPSA) is 78.4 Å². The van der Waals surface area contributed by atoms with Crippen molar-refractivity contribution in [3.63, 3.8) is 0 Å². The molecule has 16 heavy (non-hydrogen) atoms. The summed E-state index contributed by atoms with van der Waals surface area (Å²) < 4.78 is 17.9. The molecule has 1 aromatic carbocycles. The van der Waals surface area contributed by atoms with E-state index in [0.717, 1.165) is 18.2 Å². The molecule has 6 heteroatoms. The first-order valence-corrected chi connectivity index (χ1v) is 4.48. The van der Waals surface area contributed by atoms with Gasteiger partial charge in [-0.15, -0.1) is 0 Å². The van der Waals surface area contributed by atoms with E-state index in [1.54, 1.807) is 0 Å². The van der Waals surface area contributed by atoms with E-state index in [0.29, 0.717) is 5.57 Å². The van der Waals surface area contributed by atoms with Crippen molar-refractivity contribution in [1.82, 2.24) is 0 Å². The van der Waals surface area contributed by atoms with Crippen molar-refractivity contribution in [2.24, 2.45) is 5.73 Å². The minimum atomic E-state index is -0.639. The van der Waals surface area contributed by atoms with Crippen LogP contribution >= 0.6 is 0 Å². The molecule has 5 nitrogen and oxygen atoms in total. The summed E-state index contributed by atoms with van der Waals surface area (Å²) in [6.07, 6.45) is 0. The van der Waals surface area contributed by atoms with Crippen LogP contribution in [0.2, 0.25) is 0 Å². The van der Waals surface area contributed by atoms with Crippen LogP contribution in [-0.2, 0) is 0 Å². The van der Waals surface area contributed by atoms with Gasteiger partial charge in [0.2, 0.25) is 0 Å². The van der Waals surface area contributed by atoms with Crippen LogP contribution in [0.4, 0.5) is 10.1 Å². The number of rotatable bonds is 5. The molecule has 86 valence electrons.